The normalized spacial score (nSPS) is 13.8. The first kappa shape index (κ1) is 16.9. The third-order valence-corrected chi connectivity index (χ3v) is 4.94. The minimum absolute atomic E-state index is 0.0863. The van der Waals surface area contributed by atoms with Gasteiger partial charge in [-0.05, 0) is 38.9 Å². The number of hydrogen-bond donors (Lipinski definition) is 2. The van der Waals surface area contributed by atoms with Crippen LogP contribution in [0.3, 0.4) is 0 Å². The van der Waals surface area contributed by atoms with Gasteiger partial charge >= 0.3 is 10.2 Å². The van der Waals surface area contributed by atoms with Crippen molar-refractivity contribution in [3.63, 3.8) is 0 Å². The van der Waals surface area contributed by atoms with E-state index in [0.29, 0.717) is 5.69 Å². The van der Waals surface area contributed by atoms with Crippen molar-refractivity contribution in [2.45, 2.75) is 39.8 Å². The molecule has 20 heavy (non-hydrogen) atoms. The molecule has 0 aromatic heterocycles. The molecular weight excluding hydrogens is 274 g/mol. The lowest BCUT2D eigenvalue weighted by Crippen LogP contribution is -2.37. The molecule has 1 rings (SSSR count). The predicted octanol–water partition coefficient (Wildman–Crippen LogP) is 2.35. The van der Waals surface area contributed by atoms with E-state index in [1.54, 1.807) is 13.1 Å². The number of benzene rings is 1. The van der Waals surface area contributed by atoms with Crippen molar-refractivity contribution in [3.8, 4) is 0 Å². The summed E-state index contributed by atoms with van der Waals surface area (Å²) in [7, 11) is -1.96. The number of anilines is 1. The van der Waals surface area contributed by atoms with Gasteiger partial charge in [-0.25, -0.2) is 0 Å². The molecule has 2 N–H and O–H groups in total. The molecule has 0 fully saturated rings. The van der Waals surface area contributed by atoms with Crippen LogP contribution in [0.4, 0.5) is 5.69 Å². The molecule has 0 aliphatic heterocycles. The molecule has 0 aliphatic rings. The van der Waals surface area contributed by atoms with Gasteiger partial charge in [0.2, 0.25) is 0 Å². The Morgan fingerprint density at radius 1 is 1.20 bits per heavy atom. The molecule has 1 aromatic carbocycles. The number of rotatable bonds is 7. The highest BCUT2D eigenvalue weighted by Crippen LogP contribution is 2.24. The van der Waals surface area contributed by atoms with E-state index in [9.17, 15) is 8.42 Å². The van der Waals surface area contributed by atoms with Crippen LogP contribution in [-0.2, 0) is 10.2 Å². The summed E-state index contributed by atoms with van der Waals surface area (Å²) in [4.78, 5) is 0. The van der Waals surface area contributed by atoms with Crippen molar-refractivity contribution in [1.29, 1.82) is 0 Å². The van der Waals surface area contributed by atoms with Crippen LogP contribution in [0.15, 0.2) is 24.3 Å². The largest absolute Gasteiger partial charge is 0.310 e. The molecular formula is C14H25N3O2S. The molecule has 0 amide bonds. The molecule has 0 heterocycles. The fourth-order valence-electron chi connectivity index (χ4n) is 1.87. The van der Waals surface area contributed by atoms with Gasteiger partial charge in [-0.3, -0.25) is 4.72 Å². The maximum absolute atomic E-state index is 12.3. The molecule has 0 spiro atoms. The lowest BCUT2D eigenvalue weighted by molar-refractivity contribution is 0.414. The van der Waals surface area contributed by atoms with Crippen LogP contribution in [0.25, 0.3) is 0 Å². The van der Waals surface area contributed by atoms with Gasteiger partial charge < -0.3 is 5.32 Å². The molecule has 5 nitrogen and oxygen atoms in total. The van der Waals surface area contributed by atoms with E-state index in [1.165, 1.54) is 4.31 Å². The molecule has 0 radical (unpaired) electrons. The first-order valence-electron chi connectivity index (χ1n) is 6.87. The second-order valence-corrected chi connectivity index (χ2v) is 6.81. The van der Waals surface area contributed by atoms with Crippen molar-refractivity contribution < 1.29 is 8.42 Å². The standard InChI is InChI=1S/C14H25N3O2S/c1-6-15-12(4)13-9-7-8-10-14(13)16-20(18,19)17(5)11(2)3/h7-12,15-16H,6H2,1-5H3. The molecule has 0 saturated heterocycles. The topological polar surface area (TPSA) is 61.4 Å². The summed E-state index contributed by atoms with van der Waals surface area (Å²) in [6.07, 6.45) is 0. The molecule has 0 saturated carbocycles. The van der Waals surface area contributed by atoms with Gasteiger partial charge in [-0.1, -0.05) is 25.1 Å². The van der Waals surface area contributed by atoms with E-state index in [-0.39, 0.29) is 12.1 Å². The molecule has 1 atom stereocenters. The third-order valence-electron chi connectivity index (χ3n) is 3.28. The molecule has 114 valence electrons. The number of nitrogens with zero attached hydrogens (tertiary/aromatic N) is 1. The Bertz CT molecular complexity index is 529. The Labute approximate surface area is 122 Å². The van der Waals surface area contributed by atoms with Crippen LogP contribution in [0, 0.1) is 0 Å². The Kier molecular flexibility index (Phi) is 5.98. The number of para-hydroxylation sites is 1. The first-order chi connectivity index (χ1) is 9.29. The van der Waals surface area contributed by atoms with Crippen LogP contribution < -0.4 is 10.0 Å². The fourth-order valence-corrected chi connectivity index (χ4v) is 3.04. The molecule has 1 unspecified atom stereocenters. The zero-order valence-electron chi connectivity index (χ0n) is 12.8. The highest BCUT2D eigenvalue weighted by molar-refractivity contribution is 7.90. The number of nitrogens with one attached hydrogen (secondary N) is 2. The maximum Gasteiger partial charge on any atom is 0.301 e. The van der Waals surface area contributed by atoms with Gasteiger partial charge in [-0.15, -0.1) is 0 Å². The zero-order chi connectivity index (χ0) is 15.3. The summed E-state index contributed by atoms with van der Waals surface area (Å²) in [6, 6.07) is 7.45. The van der Waals surface area contributed by atoms with Crippen molar-refractivity contribution in [2.24, 2.45) is 0 Å². The summed E-state index contributed by atoms with van der Waals surface area (Å²) in [5.41, 5.74) is 1.56. The van der Waals surface area contributed by atoms with Crippen LogP contribution in [0.2, 0.25) is 0 Å². The average molecular weight is 299 g/mol. The number of hydrogen-bond acceptors (Lipinski definition) is 3. The van der Waals surface area contributed by atoms with Gasteiger partial charge in [0.1, 0.15) is 0 Å². The maximum atomic E-state index is 12.3. The van der Waals surface area contributed by atoms with E-state index in [0.717, 1.165) is 12.1 Å². The zero-order valence-corrected chi connectivity index (χ0v) is 13.7. The van der Waals surface area contributed by atoms with Gasteiger partial charge in [-0.2, -0.15) is 12.7 Å². The first-order valence-corrected chi connectivity index (χ1v) is 8.31. The van der Waals surface area contributed by atoms with E-state index >= 15 is 0 Å². The third kappa shape index (κ3) is 4.19. The Hall–Kier alpha value is -1.11. The monoisotopic (exact) mass is 299 g/mol. The fraction of sp³-hybridized carbons (Fsp3) is 0.571. The lowest BCUT2D eigenvalue weighted by atomic mass is 10.1. The van der Waals surface area contributed by atoms with Crippen molar-refractivity contribution in [3.05, 3.63) is 29.8 Å². The van der Waals surface area contributed by atoms with E-state index in [4.69, 9.17) is 0 Å². The minimum Gasteiger partial charge on any atom is -0.310 e. The van der Waals surface area contributed by atoms with Gasteiger partial charge in [0.05, 0.1) is 5.69 Å². The SMILES string of the molecule is CCNC(C)c1ccccc1NS(=O)(=O)N(C)C(C)C. The minimum atomic E-state index is -3.53. The van der Waals surface area contributed by atoms with Crippen LogP contribution in [-0.4, -0.2) is 32.4 Å². The summed E-state index contributed by atoms with van der Waals surface area (Å²) < 4.78 is 28.5. The summed E-state index contributed by atoms with van der Waals surface area (Å²) in [5.74, 6) is 0. The summed E-state index contributed by atoms with van der Waals surface area (Å²) in [6.45, 7) is 8.55. The molecule has 6 heteroatoms. The van der Waals surface area contributed by atoms with Crippen LogP contribution in [0.5, 0.6) is 0 Å². The second kappa shape index (κ2) is 7.06. The highest BCUT2D eigenvalue weighted by Gasteiger charge is 2.22. The summed E-state index contributed by atoms with van der Waals surface area (Å²) >= 11 is 0. The highest BCUT2D eigenvalue weighted by atomic mass is 32.2. The molecule has 1 aromatic rings. The van der Waals surface area contributed by atoms with Gasteiger partial charge in [0.25, 0.3) is 0 Å². The smallest absolute Gasteiger partial charge is 0.301 e. The van der Waals surface area contributed by atoms with Crippen molar-refractivity contribution >= 4 is 15.9 Å². The lowest BCUT2D eigenvalue weighted by Gasteiger charge is -2.24. The van der Waals surface area contributed by atoms with E-state index in [2.05, 4.69) is 10.0 Å². The predicted molar refractivity (Wildman–Crippen MR) is 84.0 cm³/mol. The Morgan fingerprint density at radius 3 is 2.35 bits per heavy atom. The second-order valence-electron chi connectivity index (χ2n) is 5.08. The average Bonchev–Trinajstić information content (AvgIpc) is 2.38. The van der Waals surface area contributed by atoms with Crippen LogP contribution in [0.1, 0.15) is 39.3 Å². The molecule has 0 aliphatic carbocycles. The molecule has 0 bridgehead atoms. The van der Waals surface area contributed by atoms with Crippen molar-refractivity contribution in [1.82, 2.24) is 9.62 Å². The Morgan fingerprint density at radius 2 is 1.80 bits per heavy atom. The van der Waals surface area contributed by atoms with E-state index in [1.807, 2.05) is 45.9 Å². The summed E-state index contributed by atoms with van der Waals surface area (Å²) in [5, 5.41) is 3.29. The van der Waals surface area contributed by atoms with E-state index < -0.39 is 10.2 Å². The Balaban J connectivity index is 3.04. The van der Waals surface area contributed by atoms with Crippen LogP contribution >= 0.6 is 0 Å². The quantitative estimate of drug-likeness (QED) is 0.812. The van der Waals surface area contributed by atoms with Gasteiger partial charge in [0.15, 0.2) is 0 Å². The van der Waals surface area contributed by atoms with Gasteiger partial charge in [0, 0.05) is 19.1 Å². The van der Waals surface area contributed by atoms with Crippen molar-refractivity contribution in [2.75, 3.05) is 18.3 Å².